The molecule has 0 radical (unpaired) electrons. The van der Waals surface area contributed by atoms with Gasteiger partial charge in [-0.3, -0.25) is 4.79 Å². The lowest BCUT2D eigenvalue weighted by Gasteiger charge is -2.31. The topological polar surface area (TPSA) is 72.5 Å². The van der Waals surface area contributed by atoms with Crippen LogP contribution in [0, 0.1) is 0 Å². The average Bonchev–Trinajstić information content (AvgIpc) is 2.57. The Morgan fingerprint density at radius 1 is 1.50 bits per heavy atom. The van der Waals surface area contributed by atoms with Gasteiger partial charge in [0.25, 0.3) is 0 Å². The van der Waals surface area contributed by atoms with Crippen LogP contribution in [0.3, 0.4) is 0 Å². The van der Waals surface area contributed by atoms with Crippen LogP contribution in [0.1, 0.15) is 51.2 Å². The van der Waals surface area contributed by atoms with Gasteiger partial charge in [0.1, 0.15) is 11.4 Å². The van der Waals surface area contributed by atoms with E-state index in [0.29, 0.717) is 0 Å². The number of carboxylic acid groups (broad SMARTS) is 1. The van der Waals surface area contributed by atoms with Gasteiger partial charge in [-0.05, 0) is 38.8 Å². The molecule has 1 aromatic rings. The van der Waals surface area contributed by atoms with E-state index in [2.05, 4.69) is 0 Å². The lowest BCUT2D eigenvalue weighted by Crippen LogP contribution is -2.40. The molecule has 0 amide bonds. The third-order valence-electron chi connectivity index (χ3n) is 3.77. The first-order valence-electron chi connectivity index (χ1n) is 6.91. The number of hydrogen-bond acceptors (Lipinski definition) is 3. The smallest absolute Gasteiger partial charge is 0.304 e. The third-order valence-corrected chi connectivity index (χ3v) is 3.77. The van der Waals surface area contributed by atoms with E-state index < -0.39 is 11.5 Å². The zero-order chi connectivity index (χ0) is 15.1. The van der Waals surface area contributed by atoms with Crippen molar-refractivity contribution < 1.29 is 14.6 Å². The van der Waals surface area contributed by atoms with Crippen LogP contribution in [0.15, 0.2) is 18.2 Å². The largest absolute Gasteiger partial charge is 0.487 e. The fraction of sp³-hybridized carbons (Fsp3) is 0.562. The molecule has 0 spiro atoms. The maximum absolute atomic E-state index is 11.2. The molecule has 1 unspecified atom stereocenters. The van der Waals surface area contributed by atoms with Crippen molar-refractivity contribution in [2.45, 2.75) is 57.6 Å². The highest BCUT2D eigenvalue weighted by Gasteiger charge is 2.37. The van der Waals surface area contributed by atoms with Gasteiger partial charge in [0, 0.05) is 17.9 Å². The lowest BCUT2D eigenvalue weighted by molar-refractivity contribution is -0.137. The maximum atomic E-state index is 11.2. The van der Waals surface area contributed by atoms with Crippen LogP contribution < -0.4 is 10.5 Å². The van der Waals surface area contributed by atoms with Crippen LogP contribution in [0.25, 0.3) is 0 Å². The van der Waals surface area contributed by atoms with Gasteiger partial charge in [0.15, 0.2) is 0 Å². The number of hydrogen-bond donors (Lipinski definition) is 2. The molecule has 0 saturated heterocycles. The van der Waals surface area contributed by atoms with Crippen LogP contribution in [-0.2, 0) is 11.2 Å². The van der Waals surface area contributed by atoms with E-state index in [-0.39, 0.29) is 17.9 Å². The van der Waals surface area contributed by atoms with Gasteiger partial charge in [-0.2, -0.15) is 0 Å². The second-order valence-electron chi connectivity index (χ2n) is 6.85. The van der Waals surface area contributed by atoms with Crippen LogP contribution >= 0.6 is 0 Å². The Labute approximate surface area is 119 Å². The predicted molar refractivity (Wildman–Crippen MR) is 78.1 cm³/mol. The zero-order valence-electron chi connectivity index (χ0n) is 12.6. The molecule has 0 bridgehead atoms. The molecule has 0 aliphatic carbocycles. The number of aliphatic carboxylic acids is 1. The molecule has 2 rings (SSSR count). The second-order valence-corrected chi connectivity index (χ2v) is 6.85. The van der Waals surface area contributed by atoms with Gasteiger partial charge in [0.05, 0.1) is 6.42 Å². The first-order valence-corrected chi connectivity index (χ1v) is 6.91. The minimum atomic E-state index is -0.844. The Morgan fingerprint density at radius 3 is 2.70 bits per heavy atom. The minimum Gasteiger partial charge on any atom is -0.487 e. The first kappa shape index (κ1) is 14.9. The summed E-state index contributed by atoms with van der Waals surface area (Å²) >= 11 is 0. The van der Waals surface area contributed by atoms with Crippen molar-refractivity contribution in [3.05, 3.63) is 29.3 Å². The molecule has 4 nitrogen and oxygen atoms in total. The molecule has 0 aromatic heterocycles. The Hall–Kier alpha value is -1.55. The molecule has 110 valence electrons. The summed E-state index contributed by atoms with van der Waals surface area (Å²) in [6, 6.07) is 5.93. The maximum Gasteiger partial charge on any atom is 0.304 e. The third kappa shape index (κ3) is 2.96. The molecule has 0 saturated carbocycles. The van der Waals surface area contributed by atoms with Crippen molar-refractivity contribution >= 4 is 5.97 Å². The van der Waals surface area contributed by atoms with Crippen molar-refractivity contribution in [3.8, 4) is 5.75 Å². The van der Waals surface area contributed by atoms with Crippen LogP contribution in [0.5, 0.6) is 5.75 Å². The summed E-state index contributed by atoms with van der Waals surface area (Å²) in [7, 11) is 0. The molecule has 0 fully saturated rings. The van der Waals surface area contributed by atoms with Crippen molar-refractivity contribution in [1.82, 2.24) is 0 Å². The van der Waals surface area contributed by atoms with E-state index in [1.54, 1.807) is 0 Å². The SMILES string of the molecule is CC1(C)Cc2cccc(C(CC(=O)O)C(C)(C)N)c2O1. The number of fused-ring (bicyclic) bond motifs is 1. The molecular weight excluding hydrogens is 254 g/mol. The first-order chi connectivity index (χ1) is 9.10. The van der Waals surface area contributed by atoms with Crippen molar-refractivity contribution in [2.24, 2.45) is 5.73 Å². The summed E-state index contributed by atoms with van der Waals surface area (Å²) in [5.74, 6) is -0.297. The summed E-state index contributed by atoms with van der Waals surface area (Å²) in [5, 5.41) is 9.16. The molecule has 3 N–H and O–H groups in total. The number of nitrogens with two attached hydrogens (primary N) is 1. The van der Waals surface area contributed by atoms with Gasteiger partial charge in [-0.25, -0.2) is 0 Å². The van der Waals surface area contributed by atoms with Gasteiger partial charge < -0.3 is 15.6 Å². The highest BCUT2D eigenvalue weighted by Crippen LogP contribution is 2.43. The van der Waals surface area contributed by atoms with Crippen molar-refractivity contribution in [3.63, 3.8) is 0 Å². The summed E-state index contributed by atoms with van der Waals surface area (Å²) in [6.45, 7) is 7.80. The molecule has 1 aliphatic rings. The van der Waals surface area contributed by atoms with Crippen LogP contribution in [0.4, 0.5) is 0 Å². The van der Waals surface area contributed by atoms with Crippen LogP contribution in [-0.4, -0.2) is 22.2 Å². The second kappa shape index (κ2) is 4.77. The highest BCUT2D eigenvalue weighted by atomic mass is 16.5. The molecule has 4 heteroatoms. The Bertz CT molecular complexity index is 529. The zero-order valence-corrected chi connectivity index (χ0v) is 12.6. The molecule has 1 aliphatic heterocycles. The van der Waals surface area contributed by atoms with Crippen molar-refractivity contribution in [1.29, 1.82) is 0 Å². The predicted octanol–water partition coefficient (Wildman–Crippen LogP) is 2.70. The normalized spacial score (nSPS) is 18.2. The van der Waals surface area contributed by atoms with Crippen molar-refractivity contribution in [2.75, 3.05) is 0 Å². The Balaban J connectivity index is 2.47. The fourth-order valence-electron chi connectivity index (χ4n) is 2.86. The summed E-state index contributed by atoms with van der Waals surface area (Å²) in [4.78, 5) is 11.2. The quantitative estimate of drug-likeness (QED) is 0.887. The van der Waals surface area contributed by atoms with E-state index in [1.165, 1.54) is 0 Å². The highest BCUT2D eigenvalue weighted by molar-refractivity contribution is 5.69. The van der Waals surface area contributed by atoms with E-state index in [1.807, 2.05) is 45.9 Å². The lowest BCUT2D eigenvalue weighted by atomic mass is 9.79. The number of carboxylic acids is 1. The Kier molecular flexibility index (Phi) is 3.54. The van der Waals surface area contributed by atoms with E-state index in [4.69, 9.17) is 15.6 Å². The number of ether oxygens (including phenoxy) is 1. The summed E-state index contributed by atoms with van der Waals surface area (Å²) < 4.78 is 6.03. The molecule has 1 aromatic carbocycles. The number of carbonyl (C=O) groups is 1. The monoisotopic (exact) mass is 277 g/mol. The summed E-state index contributed by atoms with van der Waals surface area (Å²) in [5.41, 5.74) is 7.37. The minimum absolute atomic E-state index is 0.00371. The standard InChI is InChI=1S/C16H23NO3/c1-15(2)9-10-6-5-7-11(14(10)20-15)12(8-13(18)19)16(3,4)17/h5-7,12H,8-9,17H2,1-4H3,(H,18,19). The molecule has 1 atom stereocenters. The molecule has 1 heterocycles. The van der Waals surface area contributed by atoms with Gasteiger partial charge in [0.2, 0.25) is 0 Å². The number of rotatable bonds is 4. The van der Waals surface area contributed by atoms with E-state index in [0.717, 1.165) is 23.3 Å². The van der Waals surface area contributed by atoms with E-state index in [9.17, 15) is 4.79 Å². The molecule has 20 heavy (non-hydrogen) atoms. The van der Waals surface area contributed by atoms with Gasteiger partial charge in [-0.15, -0.1) is 0 Å². The van der Waals surface area contributed by atoms with E-state index >= 15 is 0 Å². The number of para-hydroxylation sites is 1. The molecular formula is C16H23NO3. The van der Waals surface area contributed by atoms with Crippen LogP contribution in [0.2, 0.25) is 0 Å². The average molecular weight is 277 g/mol. The van der Waals surface area contributed by atoms with Gasteiger partial charge in [-0.1, -0.05) is 18.2 Å². The fourth-order valence-corrected chi connectivity index (χ4v) is 2.86. The Morgan fingerprint density at radius 2 is 2.15 bits per heavy atom. The summed E-state index contributed by atoms with van der Waals surface area (Å²) in [6.07, 6.45) is 0.838. The van der Waals surface area contributed by atoms with Gasteiger partial charge >= 0.3 is 5.97 Å². The number of benzene rings is 1.